The normalized spacial score (nSPS) is 16.9. The van der Waals surface area contributed by atoms with Crippen LogP contribution < -0.4 is 10.1 Å². The Bertz CT molecular complexity index is 359. The number of pyridine rings is 1. The summed E-state index contributed by atoms with van der Waals surface area (Å²) >= 11 is 0. The number of ether oxygens (including phenoxy) is 1. The molecule has 0 aliphatic heterocycles. The molecule has 4 heteroatoms. The zero-order chi connectivity index (χ0) is 12.6. The van der Waals surface area contributed by atoms with E-state index in [1.807, 2.05) is 0 Å². The first-order chi connectivity index (χ1) is 8.84. The molecule has 0 atom stereocenters. The number of aromatic nitrogens is 1. The van der Waals surface area contributed by atoms with Crippen molar-refractivity contribution in [3.8, 4) is 5.75 Å². The van der Waals surface area contributed by atoms with E-state index < -0.39 is 0 Å². The largest absolute Gasteiger partial charge is 0.482 e. The van der Waals surface area contributed by atoms with Gasteiger partial charge in [0, 0.05) is 12.2 Å². The fourth-order valence-corrected chi connectivity index (χ4v) is 2.27. The van der Waals surface area contributed by atoms with Crippen LogP contribution in [-0.2, 0) is 4.79 Å². The molecular formula is C14H20N2O2. The van der Waals surface area contributed by atoms with Crippen molar-refractivity contribution in [3.05, 3.63) is 24.5 Å². The summed E-state index contributed by atoms with van der Waals surface area (Å²) in [5, 5.41) is 3.04. The predicted octanol–water partition coefficient (Wildman–Crippen LogP) is 2.30. The van der Waals surface area contributed by atoms with Gasteiger partial charge in [-0.2, -0.15) is 0 Å². The van der Waals surface area contributed by atoms with Crippen LogP contribution in [0.15, 0.2) is 24.5 Å². The number of carbonyl (C=O) groups is 1. The summed E-state index contributed by atoms with van der Waals surface area (Å²) < 4.78 is 5.37. The lowest BCUT2D eigenvalue weighted by atomic mass is 10.1. The lowest BCUT2D eigenvalue weighted by molar-refractivity contribution is -0.123. The molecule has 1 aromatic heterocycles. The van der Waals surface area contributed by atoms with Gasteiger partial charge in [0.15, 0.2) is 6.61 Å². The smallest absolute Gasteiger partial charge is 0.258 e. The third kappa shape index (κ3) is 4.35. The molecule has 1 aliphatic rings. The van der Waals surface area contributed by atoms with Crippen molar-refractivity contribution >= 4 is 5.91 Å². The third-order valence-electron chi connectivity index (χ3n) is 3.22. The van der Waals surface area contributed by atoms with Crippen molar-refractivity contribution in [3.63, 3.8) is 0 Å². The Morgan fingerprint density at radius 1 is 1.33 bits per heavy atom. The van der Waals surface area contributed by atoms with Crippen molar-refractivity contribution in [2.75, 3.05) is 6.61 Å². The number of nitrogens with one attached hydrogen (secondary N) is 1. The molecule has 1 N–H and O–H groups in total. The van der Waals surface area contributed by atoms with Crippen molar-refractivity contribution in [1.82, 2.24) is 10.3 Å². The maximum absolute atomic E-state index is 11.7. The highest BCUT2D eigenvalue weighted by molar-refractivity contribution is 5.77. The van der Waals surface area contributed by atoms with Crippen LogP contribution in [0.3, 0.4) is 0 Å². The Kier molecular flexibility index (Phi) is 5.00. The fourth-order valence-electron chi connectivity index (χ4n) is 2.27. The molecule has 4 nitrogen and oxygen atoms in total. The summed E-state index contributed by atoms with van der Waals surface area (Å²) in [6.07, 6.45) is 10.5. The van der Waals surface area contributed by atoms with Gasteiger partial charge >= 0.3 is 0 Å². The highest BCUT2D eigenvalue weighted by Crippen LogP contribution is 2.17. The van der Waals surface area contributed by atoms with Gasteiger partial charge < -0.3 is 10.1 Å². The summed E-state index contributed by atoms with van der Waals surface area (Å²) in [7, 11) is 0. The third-order valence-corrected chi connectivity index (χ3v) is 3.22. The molecule has 1 aromatic rings. The number of hydrogen-bond acceptors (Lipinski definition) is 3. The van der Waals surface area contributed by atoms with E-state index >= 15 is 0 Å². The summed E-state index contributed by atoms with van der Waals surface area (Å²) in [5.74, 6) is 0.597. The monoisotopic (exact) mass is 248 g/mol. The Hall–Kier alpha value is -1.58. The van der Waals surface area contributed by atoms with Crippen LogP contribution in [0.2, 0.25) is 0 Å². The van der Waals surface area contributed by atoms with Gasteiger partial charge in [-0.15, -0.1) is 0 Å². The Morgan fingerprint density at radius 2 is 2.11 bits per heavy atom. The van der Waals surface area contributed by atoms with E-state index in [1.54, 1.807) is 24.5 Å². The summed E-state index contributed by atoms with van der Waals surface area (Å²) in [6, 6.07) is 3.92. The zero-order valence-corrected chi connectivity index (χ0v) is 10.6. The van der Waals surface area contributed by atoms with E-state index in [4.69, 9.17) is 4.74 Å². The van der Waals surface area contributed by atoms with E-state index in [2.05, 4.69) is 10.3 Å². The van der Waals surface area contributed by atoms with Gasteiger partial charge in [-0.05, 0) is 25.0 Å². The summed E-state index contributed by atoms with van der Waals surface area (Å²) in [6.45, 7) is 0.0716. The van der Waals surface area contributed by atoms with Gasteiger partial charge in [0.2, 0.25) is 0 Å². The maximum atomic E-state index is 11.7. The van der Waals surface area contributed by atoms with Crippen LogP contribution >= 0.6 is 0 Å². The number of rotatable bonds is 4. The van der Waals surface area contributed by atoms with Gasteiger partial charge in [0.1, 0.15) is 5.75 Å². The lowest BCUT2D eigenvalue weighted by Crippen LogP contribution is -2.37. The zero-order valence-electron chi connectivity index (χ0n) is 10.6. The first-order valence-electron chi connectivity index (χ1n) is 6.67. The molecular weight excluding hydrogens is 228 g/mol. The standard InChI is InChI=1S/C14H20N2O2/c17-14(11-18-13-8-5-9-15-10-13)16-12-6-3-1-2-4-7-12/h5,8-10,12H,1-4,6-7,11H2,(H,16,17). The quantitative estimate of drug-likeness (QED) is 0.832. The average molecular weight is 248 g/mol. The lowest BCUT2D eigenvalue weighted by Gasteiger charge is -2.16. The maximum Gasteiger partial charge on any atom is 0.258 e. The average Bonchev–Trinajstić information content (AvgIpc) is 2.66. The Labute approximate surface area is 108 Å². The van der Waals surface area contributed by atoms with E-state index in [9.17, 15) is 4.79 Å². The molecule has 1 aliphatic carbocycles. The van der Waals surface area contributed by atoms with Crippen molar-refractivity contribution in [2.45, 2.75) is 44.6 Å². The van der Waals surface area contributed by atoms with Gasteiger partial charge in [-0.1, -0.05) is 25.7 Å². The van der Waals surface area contributed by atoms with Crippen LogP contribution in [0.1, 0.15) is 38.5 Å². The van der Waals surface area contributed by atoms with Crippen molar-refractivity contribution in [2.24, 2.45) is 0 Å². The molecule has 2 rings (SSSR count). The molecule has 1 heterocycles. The fraction of sp³-hybridized carbons (Fsp3) is 0.571. The molecule has 1 fully saturated rings. The number of amides is 1. The molecule has 1 saturated carbocycles. The molecule has 98 valence electrons. The van der Waals surface area contributed by atoms with Crippen LogP contribution in [0.5, 0.6) is 5.75 Å². The Morgan fingerprint density at radius 3 is 2.78 bits per heavy atom. The highest BCUT2D eigenvalue weighted by atomic mass is 16.5. The van der Waals surface area contributed by atoms with E-state index in [1.165, 1.54) is 25.7 Å². The molecule has 0 aromatic carbocycles. The minimum absolute atomic E-state index is 0.0363. The molecule has 0 radical (unpaired) electrons. The first-order valence-corrected chi connectivity index (χ1v) is 6.67. The van der Waals surface area contributed by atoms with Crippen LogP contribution in [0.25, 0.3) is 0 Å². The van der Waals surface area contributed by atoms with Crippen LogP contribution in [0.4, 0.5) is 0 Å². The molecule has 0 spiro atoms. The van der Waals surface area contributed by atoms with Gasteiger partial charge in [0.25, 0.3) is 5.91 Å². The second kappa shape index (κ2) is 6.99. The molecule has 1 amide bonds. The SMILES string of the molecule is O=C(COc1cccnc1)NC1CCCCCC1. The van der Waals surface area contributed by atoms with Gasteiger partial charge in [-0.25, -0.2) is 0 Å². The second-order valence-electron chi connectivity index (χ2n) is 4.73. The Balaban J connectivity index is 1.71. The molecule has 0 unspecified atom stereocenters. The van der Waals surface area contributed by atoms with E-state index in [0.29, 0.717) is 11.8 Å². The van der Waals surface area contributed by atoms with Crippen LogP contribution in [0, 0.1) is 0 Å². The first kappa shape index (κ1) is 12.9. The molecule has 0 saturated heterocycles. The second-order valence-corrected chi connectivity index (χ2v) is 4.73. The van der Waals surface area contributed by atoms with Crippen molar-refractivity contribution < 1.29 is 9.53 Å². The summed E-state index contributed by atoms with van der Waals surface area (Å²) in [5.41, 5.74) is 0. The summed E-state index contributed by atoms with van der Waals surface area (Å²) in [4.78, 5) is 15.7. The van der Waals surface area contributed by atoms with Gasteiger partial charge in [0.05, 0.1) is 6.20 Å². The predicted molar refractivity (Wildman–Crippen MR) is 69.4 cm³/mol. The van der Waals surface area contributed by atoms with Crippen molar-refractivity contribution in [1.29, 1.82) is 0 Å². The topological polar surface area (TPSA) is 51.2 Å². The molecule has 0 bridgehead atoms. The van der Waals surface area contributed by atoms with Gasteiger partial charge in [-0.3, -0.25) is 9.78 Å². The van der Waals surface area contributed by atoms with E-state index in [0.717, 1.165) is 12.8 Å². The minimum atomic E-state index is -0.0363. The minimum Gasteiger partial charge on any atom is -0.482 e. The molecule has 18 heavy (non-hydrogen) atoms. The van der Waals surface area contributed by atoms with E-state index in [-0.39, 0.29) is 12.5 Å². The van der Waals surface area contributed by atoms with Crippen LogP contribution in [-0.4, -0.2) is 23.5 Å². The number of hydrogen-bond donors (Lipinski definition) is 1. The number of carbonyl (C=O) groups excluding carboxylic acids is 1. The highest BCUT2D eigenvalue weighted by Gasteiger charge is 2.14. The number of nitrogens with zero attached hydrogens (tertiary/aromatic N) is 1.